The molecule has 0 radical (unpaired) electrons. The molecule has 0 spiro atoms. The smallest absolute Gasteiger partial charge is 0.310 e. The van der Waals surface area contributed by atoms with Gasteiger partial charge in [-0.2, -0.15) is 0 Å². The molecular formula is C16H25N3O3. The van der Waals surface area contributed by atoms with Crippen molar-refractivity contribution >= 4 is 11.9 Å². The van der Waals surface area contributed by atoms with Crippen LogP contribution in [0.2, 0.25) is 0 Å². The number of hydrogen-bond donors (Lipinski definition) is 1. The average Bonchev–Trinajstić information content (AvgIpc) is 2.92. The Kier molecular flexibility index (Phi) is 6.43. The zero-order valence-electron chi connectivity index (χ0n) is 13.2. The fraction of sp³-hybridized carbons (Fsp3) is 0.688. The first-order valence-electron chi connectivity index (χ1n) is 8.03. The van der Waals surface area contributed by atoms with E-state index in [9.17, 15) is 9.59 Å². The maximum atomic E-state index is 12.1. The number of hydrogen-bond acceptors (Lipinski definition) is 4. The van der Waals surface area contributed by atoms with Crippen LogP contribution in [0.15, 0.2) is 18.7 Å². The number of aryl methyl sites for hydroxylation is 1. The number of imidazole rings is 1. The molecule has 1 N–H and O–H groups in total. The predicted molar refractivity (Wildman–Crippen MR) is 82.0 cm³/mol. The number of nitrogens with zero attached hydrogens (tertiary/aromatic N) is 2. The van der Waals surface area contributed by atoms with Gasteiger partial charge in [0.15, 0.2) is 0 Å². The summed E-state index contributed by atoms with van der Waals surface area (Å²) in [6.07, 6.45) is 11.4. The van der Waals surface area contributed by atoms with Gasteiger partial charge in [0, 0.05) is 31.4 Å². The van der Waals surface area contributed by atoms with E-state index in [1.807, 2.05) is 10.8 Å². The van der Waals surface area contributed by atoms with Gasteiger partial charge in [0.05, 0.1) is 19.4 Å². The molecule has 2 rings (SSSR count). The van der Waals surface area contributed by atoms with Gasteiger partial charge in [-0.1, -0.05) is 19.3 Å². The molecule has 1 saturated carbocycles. The summed E-state index contributed by atoms with van der Waals surface area (Å²) in [5.41, 5.74) is 0. The highest BCUT2D eigenvalue weighted by Crippen LogP contribution is 2.24. The molecule has 0 aromatic carbocycles. The van der Waals surface area contributed by atoms with Gasteiger partial charge in [-0.3, -0.25) is 9.59 Å². The molecular weight excluding hydrogens is 282 g/mol. The molecule has 1 heterocycles. The predicted octanol–water partition coefficient (Wildman–Crippen LogP) is 1.90. The van der Waals surface area contributed by atoms with Crippen molar-refractivity contribution in [3.63, 3.8) is 0 Å². The Hall–Kier alpha value is -1.85. The Balaban J connectivity index is 1.80. The topological polar surface area (TPSA) is 73.2 Å². The second-order valence-corrected chi connectivity index (χ2v) is 5.85. The molecule has 122 valence electrons. The van der Waals surface area contributed by atoms with Crippen molar-refractivity contribution in [2.24, 2.45) is 5.92 Å². The van der Waals surface area contributed by atoms with Crippen LogP contribution in [-0.2, 0) is 20.9 Å². The molecule has 1 aliphatic rings. The lowest BCUT2D eigenvalue weighted by atomic mass is 9.94. The number of amides is 1. The quantitative estimate of drug-likeness (QED) is 0.643. The highest BCUT2D eigenvalue weighted by molar-refractivity contribution is 5.78. The third-order valence-corrected chi connectivity index (χ3v) is 4.25. The first kappa shape index (κ1) is 16.5. The Labute approximate surface area is 131 Å². The van der Waals surface area contributed by atoms with Gasteiger partial charge >= 0.3 is 5.97 Å². The monoisotopic (exact) mass is 307 g/mol. The molecule has 0 bridgehead atoms. The lowest BCUT2D eigenvalue weighted by Crippen LogP contribution is -2.43. The first-order valence-corrected chi connectivity index (χ1v) is 8.03. The second-order valence-electron chi connectivity index (χ2n) is 5.85. The van der Waals surface area contributed by atoms with Crippen LogP contribution in [0.1, 0.15) is 44.9 Å². The van der Waals surface area contributed by atoms with Crippen molar-refractivity contribution in [2.75, 3.05) is 7.11 Å². The Morgan fingerprint density at radius 3 is 2.86 bits per heavy atom. The summed E-state index contributed by atoms with van der Waals surface area (Å²) in [5.74, 6) is -0.392. The molecule has 1 aliphatic carbocycles. The van der Waals surface area contributed by atoms with Gasteiger partial charge < -0.3 is 14.6 Å². The van der Waals surface area contributed by atoms with Crippen LogP contribution in [-0.4, -0.2) is 34.6 Å². The summed E-state index contributed by atoms with van der Waals surface area (Å²) in [4.78, 5) is 28.0. The minimum absolute atomic E-state index is 0.0147. The molecule has 0 saturated heterocycles. The number of rotatable bonds is 6. The molecule has 22 heavy (non-hydrogen) atoms. The normalized spacial score (nSPS) is 21.9. The third-order valence-electron chi connectivity index (χ3n) is 4.25. The molecule has 1 amide bonds. The summed E-state index contributed by atoms with van der Waals surface area (Å²) < 4.78 is 6.84. The Bertz CT molecular complexity index is 473. The van der Waals surface area contributed by atoms with E-state index in [2.05, 4.69) is 10.3 Å². The van der Waals surface area contributed by atoms with Crippen LogP contribution >= 0.6 is 0 Å². The van der Waals surface area contributed by atoms with Crippen molar-refractivity contribution in [3.8, 4) is 0 Å². The van der Waals surface area contributed by atoms with Crippen molar-refractivity contribution in [1.29, 1.82) is 0 Å². The zero-order chi connectivity index (χ0) is 15.8. The van der Waals surface area contributed by atoms with Gasteiger partial charge in [0.1, 0.15) is 0 Å². The van der Waals surface area contributed by atoms with E-state index in [1.165, 1.54) is 7.11 Å². The molecule has 0 unspecified atom stereocenters. The Morgan fingerprint density at radius 2 is 2.14 bits per heavy atom. The average molecular weight is 307 g/mol. The number of nitrogens with one attached hydrogen (secondary N) is 1. The fourth-order valence-electron chi connectivity index (χ4n) is 3.03. The van der Waals surface area contributed by atoms with E-state index >= 15 is 0 Å². The number of esters is 1. The van der Waals surface area contributed by atoms with Gasteiger partial charge in [-0.25, -0.2) is 4.98 Å². The lowest BCUT2D eigenvalue weighted by molar-refractivity contribution is -0.147. The third kappa shape index (κ3) is 4.86. The van der Waals surface area contributed by atoms with Crippen molar-refractivity contribution < 1.29 is 14.3 Å². The number of aromatic nitrogens is 2. The molecule has 6 nitrogen and oxygen atoms in total. The number of carbonyl (C=O) groups is 2. The van der Waals surface area contributed by atoms with E-state index in [1.54, 1.807) is 12.5 Å². The first-order chi connectivity index (χ1) is 10.7. The van der Waals surface area contributed by atoms with E-state index in [0.717, 1.165) is 45.1 Å². The number of carbonyl (C=O) groups excluding carboxylic acids is 2. The van der Waals surface area contributed by atoms with Gasteiger partial charge in [-0.15, -0.1) is 0 Å². The molecule has 1 fully saturated rings. The van der Waals surface area contributed by atoms with Crippen molar-refractivity contribution in [3.05, 3.63) is 18.7 Å². The largest absolute Gasteiger partial charge is 0.469 e. The Morgan fingerprint density at radius 1 is 1.32 bits per heavy atom. The maximum absolute atomic E-state index is 12.1. The van der Waals surface area contributed by atoms with Crippen LogP contribution in [0, 0.1) is 5.92 Å². The zero-order valence-corrected chi connectivity index (χ0v) is 13.2. The minimum atomic E-state index is -0.204. The second kappa shape index (κ2) is 8.56. The lowest BCUT2D eigenvalue weighted by Gasteiger charge is -2.24. The highest BCUT2D eigenvalue weighted by atomic mass is 16.5. The molecule has 2 atom stereocenters. The van der Waals surface area contributed by atoms with E-state index in [0.29, 0.717) is 6.42 Å². The summed E-state index contributed by atoms with van der Waals surface area (Å²) in [5, 5.41) is 3.04. The van der Waals surface area contributed by atoms with Crippen molar-refractivity contribution in [1.82, 2.24) is 14.9 Å². The van der Waals surface area contributed by atoms with Crippen molar-refractivity contribution in [2.45, 2.75) is 57.5 Å². The van der Waals surface area contributed by atoms with Gasteiger partial charge in [-0.05, 0) is 19.3 Å². The summed E-state index contributed by atoms with van der Waals surface area (Å²) >= 11 is 0. The number of methoxy groups -OCH3 is 1. The van der Waals surface area contributed by atoms with Crippen LogP contribution < -0.4 is 5.32 Å². The highest BCUT2D eigenvalue weighted by Gasteiger charge is 2.31. The molecule has 0 aliphatic heterocycles. The molecule has 1 aromatic heterocycles. The van der Waals surface area contributed by atoms with Gasteiger partial charge in [0.25, 0.3) is 0 Å². The van der Waals surface area contributed by atoms with Crippen LogP contribution in [0.4, 0.5) is 0 Å². The SMILES string of the molecule is COC(=O)[C@@H]1CCCCC[C@@H]1NC(=O)CCCn1ccnc1. The minimum Gasteiger partial charge on any atom is -0.469 e. The fourth-order valence-corrected chi connectivity index (χ4v) is 3.03. The van der Waals surface area contributed by atoms with Gasteiger partial charge in [0.2, 0.25) is 5.91 Å². The van der Waals surface area contributed by atoms with E-state index in [4.69, 9.17) is 4.74 Å². The molecule has 1 aromatic rings. The summed E-state index contributed by atoms with van der Waals surface area (Å²) in [6, 6.07) is -0.0873. The molecule has 6 heteroatoms. The van der Waals surface area contributed by atoms with Crippen LogP contribution in [0.3, 0.4) is 0 Å². The number of ether oxygens (including phenoxy) is 1. The van der Waals surface area contributed by atoms with E-state index < -0.39 is 0 Å². The summed E-state index contributed by atoms with van der Waals surface area (Å²) in [7, 11) is 1.41. The van der Waals surface area contributed by atoms with E-state index in [-0.39, 0.29) is 23.8 Å². The standard InChI is InChI=1S/C16H25N3O3/c1-22-16(21)13-6-3-2-4-7-14(13)18-15(20)8-5-10-19-11-9-17-12-19/h9,11-14H,2-8,10H2,1H3,(H,18,20)/t13-,14+/m1/s1. The van der Waals surface area contributed by atoms with Crippen LogP contribution in [0.5, 0.6) is 0 Å². The maximum Gasteiger partial charge on any atom is 0.310 e. The summed E-state index contributed by atoms with van der Waals surface area (Å²) in [6.45, 7) is 0.776. The van der Waals surface area contributed by atoms with Crippen LogP contribution in [0.25, 0.3) is 0 Å².